The molecule has 1 aromatic heterocycles. The van der Waals surface area contributed by atoms with Gasteiger partial charge in [-0.3, -0.25) is 9.69 Å². The molecule has 7 heteroatoms. The Kier molecular flexibility index (Phi) is 3.61. The minimum atomic E-state index is -0.297. The average molecular weight is 339 g/mol. The number of anilines is 1. The van der Waals surface area contributed by atoms with E-state index in [0.717, 1.165) is 24.1 Å². The van der Waals surface area contributed by atoms with Gasteiger partial charge >= 0.3 is 0 Å². The number of nitrogens with zero attached hydrogens (tertiary/aromatic N) is 3. The second kappa shape index (κ2) is 5.10. The molecule has 0 unspecified atom stereocenters. The molecule has 2 aliphatic rings. The van der Waals surface area contributed by atoms with E-state index in [-0.39, 0.29) is 22.8 Å². The summed E-state index contributed by atoms with van der Waals surface area (Å²) in [6.45, 7) is 6.96. The van der Waals surface area contributed by atoms with E-state index < -0.39 is 0 Å². The SMILES string of the molecule is CC(C)(C)c1sc(N2CC[C@]3(C[C@H](NC#N)C3)C2=O)nc1Cl. The molecule has 2 heterocycles. The van der Waals surface area contributed by atoms with Crippen LogP contribution in [0.15, 0.2) is 0 Å². The highest BCUT2D eigenvalue weighted by atomic mass is 35.5. The van der Waals surface area contributed by atoms with Crippen molar-refractivity contribution in [3.05, 3.63) is 10.0 Å². The summed E-state index contributed by atoms with van der Waals surface area (Å²) in [6, 6.07) is 0.138. The number of rotatable bonds is 2. The normalized spacial score (nSPS) is 27.9. The first-order valence-corrected chi connectivity index (χ1v) is 8.60. The van der Waals surface area contributed by atoms with Crippen LogP contribution in [-0.4, -0.2) is 23.5 Å². The van der Waals surface area contributed by atoms with E-state index in [0.29, 0.717) is 16.8 Å². The zero-order valence-corrected chi connectivity index (χ0v) is 14.5. The number of carbonyl (C=O) groups is 1. The molecule has 2 fully saturated rings. The quantitative estimate of drug-likeness (QED) is 0.664. The van der Waals surface area contributed by atoms with Crippen molar-refractivity contribution >= 4 is 34.0 Å². The molecule has 1 N–H and O–H groups in total. The number of hydrogen-bond donors (Lipinski definition) is 1. The van der Waals surface area contributed by atoms with Gasteiger partial charge in [0, 0.05) is 12.6 Å². The van der Waals surface area contributed by atoms with Crippen molar-refractivity contribution in [3.8, 4) is 6.19 Å². The third-order valence-corrected chi connectivity index (χ3v) is 6.43. The van der Waals surface area contributed by atoms with Crippen LogP contribution in [-0.2, 0) is 10.2 Å². The molecule has 0 radical (unpaired) electrons. The summed E-state index contributed by atoms with van der Waals surface area (Å²) < 4.78 is 0. The lowest BCUT2D eigenvalue weighted by molar-refractivity contribution is -0.130. The lowest BCUT2D eigenvalue weighted by Crippen LogP contribution is -2.51. The molecule has 1 spiro atoms. The van der Waals surface area contributed by atoms with Gasteiger partial charge in [0.1, 0.15) is 5.15 Å². The molecule has 3 rings (SSSR count). The molecule has 1 aliphatic heterocycles. The van der Waals surface area contributed by atoms with Crippen LogP contribution in [0.25, 0.3) is 0 Å². The lowest BCUT2D eigenvalue weighted by atomic mass is 9.64. The predicted octanol–water partition coefficient (Wildman–Crippen LogP) is 3.05. The molecular formula is C15H19ClN4OS. The maximum Gasteiger partial charge on any atom is 0.235 e. The summed E-state index contributed by atoms with van der Waals surface area (Å²) >= 11 is 7.76. The molecule has 1 aliphatic carbocycles. The van der Waals surface area contributed by atoms with Gasteiger partial charge in [-0.15, -0.1) is 0 Å². The third-order valence-electron chi connectivity index (χ3n) is 4.54. The Morgan fingerprint density at radius 2 is 2.18 bits per heavy atom. The van der Waals surface area contributed by atoms with Crippen LogP contribution in [0.2, 0.25) is 5.15 Å². The monoisotopic (exact) mass is 338 g/mol. The van der Waals surface area contributed by atoms with Gasteiger partial charge in [0.25, 0.3) is 0 Å². The molecule has 22 heavy (non-hydrogen) atoms. The second-order valence-electron chi connectivity index (χ2n) is 7.21. The first kappa shape index (κ1) is 15.6. The Balaban J connectivity index is 1.78. The van der Waals surface area contributed by atoms with Crippen molar-refractivity contribution in [2.45, 2.75) is 51.5 Å². The topological polar surface area (TPSA) is 69.0 Å². The van der Waals surface area contributed by atoms with Crippen LogP contribution in [0.4, 0.5) is 5.13 Å². The molecule has 118 valence electrons. The third kappa shape index (κ3) is 2.37. The first-order chi connectivity index (χ1) is 10.3. The van der Waals surface area contributed by atoms with Gasteiger partial charge in [-0.1, -0.05) is 43.7 Å². The fourth-order valence-electron chi connectivity index (χ4n) is 3.33. The average Bonchev–Trinajstić information content (AvgIpc) is 2.90. The standard InChI is InChI=1S/C15H19ClN4OS/c1-14(2,3)10-11(16)19-13(22-10)20-5-4-15(12(20)21)6-9(7-15)18-8-17/h9,18H,4-7H2,1-3H3/t9-,15+. The Labute approximate surface area is 139 Å². The van der Waals surface area contributed by atoms with Crippen molar-refractivity contribution in [2.24, 2.45) is 5.41 Å². The fourth-order valence-corrected chi connectivity index (χ4v) is 4.90. The smallest absolute Gasteiger partial charge is 0.235 e. The summed E-state index contributed by atoms with van der Waals surface area (Å²) in [5, 5.41) is 12.6. The number of aromatic nitrogens is 1. The van der Waals surface area contributed by atoms with E-state index in [2.05, 4.69) is 31.1 Å². The van der Waals surface area contributed by atoms with Gasteiger partial charge < -0.3 is 5.32 Å². The summed E-state index contributed by atoms with van der Waals surface area (Å²) in [6.07, 6.45) is 4.26. The minimum Gasteiger partial charge on any atom is -0.321 e. The highest BCUT2D eigenvalue weighted by molar-refractivity contribution is 7.16. The highest BCUT2D eigenvalue weighted by Gasteiger charge is 2.56. The first-order valence-electron chi connectivity index (χ1n) is 7.40. The van der Waals surface area contributed by atoms with Crippen LogP contribution in [0.3, 0.4) is 0 Å². The van der Waals surface area contributed by atoms with Crippen LogP contribution in [0.5, 0.6) is 0 Å². The Morgan fingerprint density at radius 3 is 2.73 bits per heavy atom. The van der Waals surface area contributed by atoms with Crippen molar-refractivity contribution in [1.29, 1.82) is 5.26 Å². The summed E-state index contributed by atoms with van der Waals surface area (Å²) in [4.78, 5) is 20.0. The Hall–Kier alpha value is -1.32. The fraction of sp³-hybridized carbons (Fsp3) is 0.667. The van der Waals surface area contributed by atoms with E-state index >= 15 is 0 Å². The summed E-state index contributed by atoms with van der Waals surface area (Å²) in [5.41, 5.74) is -0.375. The summed E-state index contributed by atoms with van der Waals surface area (Å²) in [7, 11) is 0. The number of thiazole rings is 1. The van der Waals surface area contributed by atoms with Gasteiger partial charge in [-0.25, -0.2) is 4.98 Å². The molecule has 0 aromatic carbocycles. The molecule has 1 aromatic rings. The maximum atomic E-state index is 12.8. The zero-order valence-electron chi connectivity index (χ0n) is 12.9. The second-order valence-corrected chi connectivity index (χ2v) is 8.55. The molecule has 1 amide bonds. The zero-order chi connectivity index (χ0) is 16.1. The molecule has 0 bridgehead atoms. The van der Waals surface area contributed by atoms with Gasteiger partial charge in [-0.2, -0.15) is 5.26 Å². The maximum absolute atomic E-state index is 12.8. The largest absolute Gasteiger partial charge is 0.321 e. The number of hydrogen-bond acceptors (Lipinski definition) is 5. The van der Waals surface area contributed by atoms with Gasteiger partial charge in [0.15, 0.2) is 11.3 Å². The van der Waals surface area contributed by atoms with Crippen LogP contribution in [0, 0.1) is 16.9 Å². The molecular weight excluding hydrogens is 320 g/mol. The molecule has 1 saturated carbocycles. The number of halogens is 1. The van der Waals surface area contributed by atoms with E-state index in [1.54, 1.807) is 4.90 Å². The van der Waals surface area contributed by atoms with Gasteiger partial charge in [0.05, 0.1) is 10.3 Å². The van der Waals surface area contributed by atoms with Crippen molar-refractivity contribution in [3.63, 3.8) is 0 Å². The van der Waals surface area contributed by atoms with Gasteiger partial charge in [0.2, 0.25) is 5.91 Å². The molecule has 5 nitrogen and oxygen atoms in total. The van der Waals surface area contributed by atoms with Crippen molar-refractivity contribution < 1.29 is 4.79 Å². The van der Waals surface area contributed by atoms with E-state index in [1.807, 2.05) is 6.19 Å². The molecule has 0 atom stereocenters. The van der Waals surface area contributed by atoms with Crippen molar-refractivity contribution in [1.82, 2.24) is 10.3 Å². The van der Waals surface area contributed by atoms with Crippen LogP contribution >= 0.6 is 22.9 Å². The van der Waals surface area contributed by atoms with E-state index in [1.165, 1.54) is 11.3 Å². The number of nitrogens with one attached hydrogen (secondary N) is 1. The van der Waals surface area contributed by atoms with Crippen molar-refractivity contribution in [2.75, 3.05) is 11.4 Å². The van der Waals surface area contributed by atoms with Crippen LogP contribution < -0.4 is 10.2 Å². The Bertz CT molecular complexity index is 651. The lowest BCUT2D eigenvalue weighted by Gasteiger charge is -2.42. The number of amides is 1. The predicted molar refractivity (Wildman–Crippen MR) is 87.0 cm³/mol. The number of carbonyl (C=O) groups excluding carboxylic acids is 1. The Morgan fingerprint density at radius 1 is 1.50 bits per heavy atom. The van der Waals surface area contributed by atoms with Crippen LogP contribution in [0.1, 0.15) is 44.9 Å². The highest BCUT2D eigenvalue weighted by Crippen LogP contribution is 2.51. The van der Waals surface area contributed by atoms with E-state index in [4.69, 9.17) is 16.9 Å². The van der Waals surface area contributed by atoms with Gasteiger partial charge in [-0.05, 0) is 24.7 Å². The summed E-state index contributed by atoms with van der Waals surface area (Å²) in [5.74, 6) is 0.134. The number of nitriles is 1. The minimum absolute atomic E-state index is 0.0776. The van der Waals surface area contributed by atoms with E-state index in [9.17, 15) is 4.79 Å². The molecule has 1 saturated heterocycles.